The lowest BCUT2D eigenvalue weighted by Crippen LogP contribution is -2.70. The van der Waals surface area contributed by atoms with E-state index in [9.17, 15) is 19.8 Å². The molecule has 2 heterocycles. The molecule has 314 valence electrons. The van der Waals surface area contributed by atoms with Gasteiger partial charge in [0.05, 0.1) is 18.2 Å². The van der Waals surface area contributed by atoms with Crippen LogP contribution in [-0.4, -0.2) is 103 Å². The van der Waals surface area contributed by atoms with Crippen LogP contribution in [0.15, 0.2) is 90.6 Å². The lowest BCUT2D eigenvalue weighted by molar-refractivity contribution is -0.252. The van der Waals surface area contributed by atoms with Crippen LogP contribution < -0.4 is 14.8 Å². The molecule has 12 nitrogen and oxygen atoms in total. The van der Waals surface area contributed by atoms with Gasteiger partial charge in [-0.3, -0.25) is 4.79 Å². The van der Waals surface area contributed by atoms with E-state index in [-0.39, 0.29) is 56.1 Å². The molecule has 2 aliphatic heterocycles. The minimum atomic E-state index is -1.35. The Bertz CT molecular complexity index is 1770. The van der Waals surface area contributed by atoms with Crippen molar-refractivity contribution in [1.82, 2.24) is 15.1 Å². The van der Waals surface area contributed by atoms with Crippen molar-refractivity contribution in [2.24, 2.45) is 22.9 Å². The average molecular weight is 799 g/mol. The van der Waals surface area contributed by atoms with Crippen molar-refractivity contribution < 1.29 is 38.9 Å². The number of unbranched alkanes of at least 4 members (excludes halogenated alkanes) is 2. The number of hydrogen-bond acceptors (Lipinski definition) is 9. The standard InChI is InChI=1S/C46H62N4O8/c1-4-27-55-35-20-21-40-38(30-35)43-36(18-10-12-26-52)34(17-9-11-25-51)29-37-39(48-57-32-33-15-7-6-8-16-33)31-41(46(58-40,44(37)43)56-28-5-2)49(3)45(54)47-22-14-24-50-23-13-19-42(50)53/h4-8,15-16,20-21,29-30,34,36,41,43-44,51-52H,1-2,9-14,17-19,22-28,31-32H2,3H3,(H,47,54)/t34-,36+,41-,43+,44+,46+/m0/s1. The summed E-state index contributed by atoms with van der Waals surface area (Å²) in [6.45, 7) is 10.6. The number of hydrogen-bond donors (Lipinski definition) is 3. The number of nitrogens with one attached hydrogen (secondary N) is 1. The van der Waals surface area contributed by atoms with Crippen LogP contribution in [0.25, 0.3) is 0 Å². The summed E-state index contributed by atoms with van der Waals surface area (Å²) in [6, 6.07) is 14.9. The van der Waals surface area contributed by atoms with Gasteiger partial charge in [-0.05, 0) is 79.7 Å². The molecule has 0 radical (unpaired) electrons. The van der Waals surface area contributed by atoms with Crippen LogP contribution in [0.3, 0.4) is 0 Å². The first-order valence-corrected chi connectivity index (χ1v) is 21.1. The maximum atomic E-state index is 14.2. The number of allylic oxidation sites excluding steroid dienone is 1. The van der Waals surface area contributed by atoms with Gasteiger partial charge in [-0.2, -0.15) is 0 Å². The largest absolute Gasteiger partial charge is 0.490 e. The summed E-state index contributed by atoms with van der Waals surface area (Å²) in [5.41, 5.74) is 3.68. The highest BCUT2D eigenvalue weighted by Crippen LogP contribution is 2.61. The summed E-state index contributed by atoms with van der Waals surface area (Å²) in [4.78, 5) is 36.1. The molecule has 2 fully saturated rings. The van der Waals surface area contributed by atoms with E-state index in [4.69, 9.17) is 24.2 Å². The Morgan fingerprint density at radius 2 is 1.83 bits per heavy atom. The lowest BCUT2D eigenvalue weighted by Gasteiger charge is -2.59. The van der Waals surface area contributed by atoms with Gasteiger partial charge in [-0.1, -0.05) is 73.1 Å². The van der Waals surface area contributed by atoms with E-state index in [0.29, 0.717) is 63.3 Å². The zero-order valence-corrected chi connectivity index (χ0v) is 34.1. The minimum Gasteiger partial charge on any atom is -0.490 e. The van der Waals surface area contributed by atoms with Crippen molar-refractivity contribution in [3.8, 4) is 11.5 Å². The smallest absolute Gasteiger partial charge is 0.317 e. The second-order valence-electron chi connectivity index (χ2n) is 15.8. The van der Waals surface area contributed by atoms with E-state index in [1.807, 2.05) is 47.4 Å². The van der Waals surface area contributed by atoms with Crippen molar-refractivity contribution in [1.29, 1.82) is 0 Å². The van der Waals surface area contributed by atoms with E-state index in [1.165, 1.54) is 0 Å². The molecule has 4 aliphatic rings. The monoisotopic (exact) mass is 798 g/mol. The fourth-order valence-corrected chi connectivity index (χ4v) is 9.40. The van der Waals surface area contributed by atoms with Crippen LogP contribution in [0.2, 0.25) is 0 Å². The van der Waals surface area contributed by atoms with Gasteiger partial charge in [0.1, 0.15) is 30.8 Å². The number of amides is 3. The first-order chi connectivity index (χ1) is 28.3. The Kier molecular flexibility index (Phi) is 15.4. The predicted octanol–water partition coefficient (Wildman–Crippen LogP) is 6.74. The lowest BCUT2D eigenvalue weighted by atomic mass is 9.55. The molecule has 3 amide bonds. The van der Waals surface area contributed by atoms with Gasteiger partial charge in [-0.25, -0.2) is 4.79 Å². The fourth-order valence-electron chi connectivity index (χ4n) is 9.40. The van der Waals surface area contributed by atoms with Gasteiger partial charge in [0.15, 0.2) is 0 Å². The molecule has 1 saturated heterocycles. The molecular formula is C46H62N4O8. The van der Waals surface area contributed by atoms with Crippen LogP contribution in [0.4, 0.5) is 4.79 Å². The molecule has 0 bridgehead atoms. The number of fused-ring (bicyclic) bond motifs is 2. The van der Waals surface area contributed by atoms with Crippen molar-refractivity contribution in [2.75, 3.05) is 53.1 Å². The number of oxime groups is 1. The van der Waals surface area contributed by atoms with E-state index in [0.717, 1.165) is 61.1 Å². The Labute approximate surface area is 343 Å². The fraction of sp³-hybridized carbons (Fsp3) is 0.543. The number of likely N-dealkylation sites (tertiary alicyclic amines) is 1. The van der Waals surface area contributed by atoms with Gasteiger partial charge in [-0.15, -0.1) is 6.58 Å². The molecule has 0 aromatic heterocycles. The maximum absolute atomic E-state index is 14.2. The zero-order chi connectivity index (χ0) is 40.9. The molecule has 0 unspecified atom stereocenters. The molecule has 3 N–H and O–H groups in total. The van der Waals surface area contributed by atoms with Gasteiger partial charge < -0.3 is 44.4 Å². The van der Waals surface area contributed by atoms with E-state index in [1.54, 1.807) is 24.1 Å². The van der Waals surface area contributed by atoms with E-state index >= 15 is 0 Å². The van der Waals surface area contributed by atoms with Crippen LogP contribution in [0.1, 0.15) is 81.3 Å². The molecule has 58 heavy (non-hydrogen) atoms. The number of benzene rings is 2. The molecule has 2 aliphatic carbocycles. The number of aliphatic hydroxyl groups is 2. The van der Waals surface area contributed by atoms with E-state index < -0.39 is 17.7 Å². The molecular weight excluding hydrogens is 737 g/mol. The predicted molar refractivity (Wildman–Crippen MR) is 223 cm³/mol. The van der Waals surface area contributed by atoms with E-state index in [2.05, 4.69) is 30.6 Å². The van der Waals surface area contributed by atoms with Crippen molar-refractivity contribution in [2.45, 2.75) is 88.6 Å². The third kappa shape index (κ3) is 9.78. The van der Waals surface area contributed by atoms with Crippen LogP contribution in [-0.2, 0) is 21.0 Å². The second kappa shape index (κ2) is 20.9. The highest BCUT2D eigenvalue weighted by molar-refractivity contribution is 6.03. The third-order valence-electron chi connectivity index (χ3n) is 12.1. The first kappa shape index (κ1) is 42.9. The number of carbonyl (C=O) groups is 2. The summed E-state index contributed by atoms with van der Waals surface area (Å²) < 4.78 is 20.3. The molecule has 0 spiro atoms. The molecule has 2 aromatic rings. The quantitative estimate of drug-likeness (QED) is 0.0676. The average Bonchev–Trinajstić information content (AvgIpc) is 3.66. The van der Waals surface area contributed by atoms with Crippen molar-refractivity contribution in [3.63, 3.8) is 0 Å². The Balaban J connectivity index is 1.45. The first-order valence-electron chi connectivity index (χ1n) is 21.1. The normalized spacial score (nSPS) is 25.3. The Morgan fingerprint density at radius 1 is 1.05 bits per heavy atom. The maximum Gasteiger partial charge on any atom is 0.317 e. The number of aliphatic hydroxyl groups excluding tert-OH is 2. The third-order valence-corrected chi connectivity index (χ3v) is 12.1. The summed E-state index contributed by atoms with van der Waals surface area (Å²) >= 11 is 0. The SMILES string of the molecule is C=CCOc1ccc2c(c1)[C@H]1[C@H](CCCCO)[C@@H](CCCCO)C=C3C(=NOCc4ccccc4)C[C@H](N(C)C(=O)NCCCN4CCCC4=O)[C@@](OCC=C)(O2)[C@H]31. The number of rotatable bonds is 22. The van der Waals surface area contributed by atoms with Crippen molar-refractivity contribution in [3.05, 3.63) is 96.6 Å². The highest BCUT2D eigenvalue weighted by atomic mass is 16.7. The van der Waals surface area contributed by atoms with Crippen LogP contribution >= 0.6 is 0 Å². The number of urea groups is 1. The van der Waals surface area contributed by atoms with Gasteiger partial charge in [0.2, 0.25) is 11.7 Å². The van der Waals surface area contributed by atoms with Gasteiger partial charge >= 0.3 is 6.03 Å². The van der Waals surface area contributed by atoms with Crippen molar-refractivity contribution >= 4 is 17.6 Å². The number of likely N-dealkylation sites (N-methyl/N-ethyl adjacent to an activating group) is 1. The molecule has 1 saturated carbocycles. The molecule has 6 atom stereocenters. The highest BCUT2D eigenvalue weighted by Gasteiger charge is 2.65. The van der Waals surface area contributed by atoms with Gasteiger partial charge in [0, 0.05) is 64.2 Å². The molecule has 12 heteroatoms. The summed E-state index contributed by atoms with van der Waals surface area (Å²) in [5.74, 6) is -0.191. The van der Waals surface area contributed by atoms with Crippen LogP contribution in [0.5, 0.6) is 11.5 Å². The van der Waals surface area contributed by atoms with Gasteiger partial charge in [0.25, 0.3) is 0 Å². The summed E-state index contributed by atoms with van der Waals surface area (Å²) in [6.07, 6.45) is 12.9. The Hall–Kier alpha value is -4.65. The zero-order valence-electron chi connectivity index (χ0n) is 34.1. The number of nitrogens with zero attached hydrogens (tertiary/aromatic N) is 3. The topological polar surface area (TPSA) is 142 Å². The summed E-state index contributed by atoms with van der Waals surface area (Å²) in [5, 5.41) is 27.7. The number of carbonyl (C=O) groups excluding carboxylic acids is 2. The molecule has 6 rings (SSSR count). The minimum absolute atomic E-state index is 0.0978. The molecule has 2 aromatic carbocycles. The van der Waals surface area contributed by atoms with Crippen LogP contribution in [0, 0.1) is 17.8 Å². The Morgan fingerprint density at radius 3 is 2.55 bits per heavy atom. The summed E-state index contributed by atoms with van der Waals surface area (Å²) in [7, 11) is 1.78. The number of ether oxygens (including phenoxy) is 3. The second-order valence-corrected chi connectivity index (χ2v) is 15.8.